The first-order valence-electron chi connectivity index (χ1n) is 11.8. The zero-order chi connectivity index (χ0) is 22.7. The maximum atomic E-state index is 12.8. The van der Waals surface area contributed by atoms with E-state index in [2.05, 4.69) is 66.2 Å². The van der Waals surface area contributed by atoms with Crippen molar-refractivity contribution in [3.63, 3.8) is 0 Å². The summed E-state index contributed by atoms with van der Waals surface area (Å²) in [6.07, 6.45) is 3.18. The van der Waals surface area contributed by atoms with Crippen LogP contribution in [0.3, 0.4) is 0 Å². The summed E-state index contributed by atoms with van der Waals surface area (Å²) in [4.78, 5) is 20.0. The van der Waals surface area contributed by atoms with Crippen LogP contribution in [0.25, 0.3) is 0 Å². The van der Waals surface area contributed by atoms with Gasteiger partial charge >= 0.3 is 0 Å². The van der Waals surface area contributed by atoms with E-state index in [1.54, 1.807) is 11.8 Å². The average molecular weight is 454 g/mol. The molecule has 2 heterocycles. The van der Waals surface area contributed by atoms with E-state index in [9.17, 15) is 9.90 Å². The lowest BCUT2D eigenvalue weighted by Crippen LogP contribution is -2.44. The molecule has 2 atom stereocenters. The number of amides is 1. The zero-order valence-electron chi connectivity index (χ0n) is 19.4. The molecule has 2 aromatic carbocycles. The molecule has 1 amide bonds. The molecule has 4 rings (SSSR count). The molecule has 2 aliphatic heterocycles. The van der Waals surface area contributed by atoms with Crippen molar-refractivity contribution >= 4 is 29.0 Å². The van der Waals surface area contributed by atoms with Gasteiger partial charge in [-0.2, -0.15) is 0 Å². The van der Waals surface area contributed by atoms with Crippen LogP contribution < -0.4 is 10.2 Å². The molecule has 1 unspecified atom stereocenters. The number of likely N-dealkylation sites (tertiary alicyclic amines) is 1. The Balaban J connectivity index is 1.62. The minimum atomic E-state index is -0.00945. The second kappa shape index (κ2) is 10.3. The topological polar surface area (TPSA) is 55.8 Å². The minimum Gasteiger partial charge on any atom is -0.395 e. The molecule has 6 heteroatoms. The standard InChI is InChI=1S/C26H35N3O2S/c1-18(2)12-13-27-26(31)20-10-11-25-23(15-20)29(22-8-4-5-9-24(22)32-25)19(3)16-28-14-6-7-21(28)17-30/h4-5,8-11,15,18-19,21,30H,6-7,12-14,16-17H2,1-3H3,(H,27,31)/t19?,21-/m0/s1. The fourth-order valence-corrected chi connectivity index (χ4v) is 5.79. The van der Waals surface area contributed by atoms with Crippen molar-refractivity contribution in [1.82, 2.24) is 10.2 Å². The lowest BCUT2D eigenvalue weighted by Gasteiger charge is -2.39. The maximum Gasteiger partial charge on any atom is 0.251 e. The molecule has 0 saturated carbocycles. The highest BCUT2D eigenvalue weighted by Gasteiger charge is 2.31. The Morgan fingerprint density at radius 1 is 1.16 bits per heavy atom. The largest absolute Gasteiger partial charge is 0.395 e. The van der Waals surface area contributed by atoms with E-state index < -0.39 is 0 Å². The van der Waals surface area contributed by atoms with Gasteiger partial charge < -0.3 is 15.3 Å². The Hall–Kier alpha value is -2.02. The van der Waals surface area contributed by atoms with Gasteiger partial charge in [0.2, 0.25) is 0 Å². The number of carbonyl (C=O) groups excluding carboxylic acids is 1. The van der Waals surface area contributed by atoms with Gasteiger partial charge in [0, 0.05) is 40.5 Å². The molecule has 0 spiro atoms. The van der Waals surface area contributed by atoms with E-state index in [1.807, 2.05) is 12.1 Å². The van der Waals surface area contributed by atoms with Crippen molar-refractivity contribution < 1.29 is 9.90 Å². The molecular weight excluding hydrogens is 418 g/mol. The molecule has 0 aliphatic carbocycles. The molecule has 2 aromatic rings. The van der Waals surface area contributed by atoms with Crippen LogP contribution in [-0.2, 0) is 0 Å². The van der Waals surface area contributed by atoms with Crippen molar-refractivity contribution in [2.24, 2.45) is 5.92 Å². The number of aliphatic hydroxyl groups excluding tert-OH is 1. The van der Waals surface area contributed by atoms with Gasteiger partial charge in [0.1, 0.15) is 0 Å². The number of rotatable bonds is 8. The number of aliphatic hydroxyl groups is 1. The number of para-hydroxylation sites is 1. The first kappa shape index (κ1) is 23.1. The molecule has 5 nitrogen and oxygen atoms in total. The first-order valence-corrected chi connectivity index (χ1v) is 12.6. The van der Waals surface area contributed by atoms with Crippen LogP contribution in [0.1, 0.15) is 50.4 Å². The Labute approximate surface area is 196 Å². The molecule has 0 aromatic heterocycles. The average Bonchev–Trinajstić information content (AvgIpc) is 3.23. The van der Waals surface area contributed by atoms with Crippen LogP contribution in [0, 0.1) is 5.92 Å². The smallest absolute Gasteiger partial charge is 0.251 e. The summed E-state index contributed by atoms with van der Waals surface area (Å²) in [5.41, 5.74) is 2.99. The highest BCUT2D eigenvalue weighted by Crippen LogP contribution is 2.49. The number of nitrogens with zero attached hydrogens (tertiary/aromatic N) is 2. The lowest BCUT2D eigenvalue weighted by atomic mass is 10.1. The Morgan fingerprint density at radius 2 is 1.94 bits per heavy atom. The molecule has 2 aliphatic rings. The Morgan fingerprint density at radius 3 is 2.72 bits per heavy atom. The third kappa shape index (κ3) is 4.98. The summed E-state index contributed by atoms with van der Waals surface area (Å²) in [5, 5.41) is 12.8. The summed E-state index contributed by atoms with van der Waals surface area (Å²) in [5.74, 6) is 0.557. The molecule has 32 heavy (non-hydrogen) atoms. The number of nitrogens with one attached hydrogen (secondary N) is 1. The maximum absolute atomic E-state index is 12.8. The van der Waals surface area contributed by atoms with E-state index in [1.165, 1.54) is 15.5 Å². The SMILES string of the molecule is CC(C)CCNC(=O)c1ccc2c(c1)N(C(C)CN1CCC[C@H]1CO)c1ccccc1S2. The second-order valence-electron chi connectivity index (χ2n) is 9.38. The molecule has 172 valence electrons. The van der Waals surface area contributed by atoms with E-state index in [0.717, 1.165) is 38.0 Å². The summed E-state index contributed by atoms with van der Waals surface area (Å²) >= 11 is 1.77. The normalized spacial score (nSPS) is 19.0. The fraction of sp³-hybridized carbons (Fsp3) is 0.500. The van der Waals surface area contributed by atoms with Gasteiger partial charge in [-0.1, -0.05) is 37.7 Å². The number of carbonyl (C=O) groups is 1. The molecule has 1 saturated heterocycles. The van der Waals surface area contributed by atoms with E-state index >= 15 is 0 Å². The summed E-state index contributed by atoms with van der Waals surface area (Å²) in [6.45, 7) is 9.42. The Bertz CT molecular complexity index is 948. The number of hydrogen-bond donors (Lipinski definition) is 2. The van der Waals surface area contributed by atoms with Gasteiger partial charge in [0.25, 0.3) is 5.91 Å². The van der Waals surface area contributed by atoms with Crippen LogP contribution in [0.15, 0.2) is 52.3 Å². The van der Waals surface area contributed by atoms with Gasteiger partial charge in [-0.3, -0.25) is 9.69 Å². The van der Waals surface area contributed by atoms with Crippen LogP contribution in [0.5, 0.6) is 0 Å². The minimum absolute atomic E-state index is 0.00945. The van der Waals surface area contributed by atoms with Crippen molar-refractivity contribution in [1.29, 1.82) is 0 Å². The third-order valence-corrected chi connectivity index (χ3v) is 7.61. The molecule has 0 radical (unpaired) electrons. The molecule has 1 fully saturated rings. The molecular formula is C26H35N3O2S. The number of fused-ring (bicyclic) bond motifs is 2. The van der Waals surface area contributed by atoms with E-state index in [0.29, 0.717) is 18.0 Å². The summed E-state index contributed by atoms with van der Waals surface area (Å²) in [7, 11) is 0. The van der Waals surface area contributed by atoms with Crippen LogP contribution in [-0.4, -0.2) is 54.2 Å². The van der Waals surface area contributed by atoms with E-state index in [-0.39, 0.29) is 24.6 Å². The van der Waals surface area contributed by atoms with Crippen LogP contribution in [0.4, 0.5) is 11.4 Å². The van der Waals surface area contributed by atoms with E-state index in [4.69, 9.17) is 0 Å². The second-order valence-corrected chi connectivity index (χ2v) is 10.5. The molecule has 2 N–H and O–H groups in total. The van der Waals surface area contributed by atoms with Gasteiger partial charge in [-0.05, 0) is 69.0 Å². The van der Waals surface area contributed by atoms with Gasteiger partial charge in [0.05, 0.1) is 18.0 Å². The monoisotopic (exact) mass is 453 g/mol. The fourth-order valence-electron chi connectivity index (χ4n) is 4.74. The van der Waals surface area contributed by atoms with Gasteiger partial charge in [-0.15, -0.1) is 0 Å². The lowest BCUT2D eigenvalue weighted by molar-refractivity contribution is 0.0952. The van der Waals surface area contributed by atoms with Gasteiger partial charge in [-0.25, -0.2) is 0 Å². The van der Waals surface area contributed by atoms with Crippen LogP contribution >= 0.6 is 11.8 Å². The molecule has 0 bridgehead atoms. The summed E-state index contributed by atoms with van der Waals surface area (Å²) in [6, 6.07) is 15.0. The summed E-state index contributed by atoms with van der Waals surface area (Å²) < 4.78 is 0. The number of hydrogen-bond acceptors (Lipinski definition) is 5. The quantitative estimate of drug-likeness (QED) is 0.595. The zero-order valence-corrected chi connectivity index (χ0v) is 20.2. The number of benzene rings is 2. The van der Waals surface area contributed by atoms with Crippen molar-refractivity contribution in [2.75, 3.05) is 31.1 Å². The van der Waals surface area contributed by atoms with Crippen molar-refractivity contribution in [3.05, 3.63) is 48.0 Å². The first-order chi connectivity index (χ1) is 15.5. The van der Waals surface area contributed by atoms with Crippen LogP contribution in [0.2, 0.25) is 0 Å². The third-order valence-electron chi connectivity index (χ3n) is 6.48. The predicted octanol–water partition coefficient (Wildman–Crippen LogP) is 4.91. The van der Waals surface area contributed by atoms with Crippen molar-refractivity contribution in [2.45, 2.75) is 61.9 Å². The van der Waals surface area contributed by atoms with Gasteiger partial charge in [0.15, 0.2) is 0 Å². The number of anilines is 2. The van der Waals surface area contributed by atoms with Crippen molar-refractivity contribution in [3.8, 4) is 0 Å². The highest BCUT2D eigenvalue weighted by atomic mass is 32.2. The predicted molar refractivity (Wildman–Crippen MR) is 132 cm³/mol. The highest BCUT2D eigenvalue weighted by molar-refractivity contribution is 7.99. The Kier molecular flexibility index (Phi) is 7.44.